The van der Waals surface area contributed by atoms with Crippen LogP contribution < -0.4 is 11.5 Å². The summed E-state index contributed by atoms with van der Waals surface area (Å²) in [6.07, 6.45) is 0. The lowest BCUT2D eigenvalue weighted by Crippen LogP contribution is -2.14. The first kappa shape index (κ1) is 15.3. The third kappa shape index (κ3) is 3.72. The lowest BCUT2D eigenvalue weighted by Gasteiger charge is -2.11. The van der Waals surface area contributed by atoms with E-state index in [0.29, 0.717) is 22.4 Å². The molecule has 0 saturated heterocycles. The van der Waals surface area contributed by atoms with Gasteiger partial charge >= 0.3 is 0 Å². The molecule has 0 aliphatic heterocycles. The Morgan fingerprint density at radius 3 is 2.29 bits per heavy atom. The molecular formula is C15H18N4OS. The van der Waals surface area contributed by atoms with Crippen LogP contribution in [-0.2, 0) is 0 Å². The van der Waals surface area contributed by atoms with E-state index in [0.717, 1.165) is 5.56 Å². The zero-order chi connectivity index (χ0) is 15.6. The predicted octanol–water partition coefficient (Wildman–Crippen LogP) is 2.62. The van der Waals surface area contributed by atoms with Crippen molar-refractivity contribution in [2.24, 2.45) is 0 Å². The van der Waals surface area contributed by atoms with E-state index in [2.05, 4.69) is 9.97 Å². The van der Waals surface area contributed by atoms with Gasteiger partial charge in [0, 0.05) is 11.6 Å². The maximum atomic E-state index is 12.4. The minimum Gasteiger partial charge on any atom is -0.383 e. The van der Waals surface area contributed by atoms with Crippen molar-refractivity contribution in [3.63, 3.8) is 0 Å². The molecule has 6 heteroatoms. The number of carbonyl (C=O) groups is 1. The highest BCUT2D eigenvalue weighted by Crippen LogP contribution is 2.24. The molecule has 0 radical (unpaired) electrons. The fourth-order valence-corrected chi connectivity index (χ4v) is 2.73. The first-order valence-corrected chi connectivity index (χ1v) is 7.43. The number of rotatable bonds is 4. The van der Waals surface area contributed by atoms with Crippen molar-refractivity contribution in [3.8, 4) is 0 Å². The SMILES string of the molecule is Cc1ccc(C(=O)[C@H](C)Sc2nc(N)cc(N)n2)cc1C. The fraction of sp³-hybridized carbons (Fsp3) is 0.267. The number of aromatic nitrogens is 2. The quantitative estimate of drug-likeness (QED) is 0.512. The number of nitrogens with zero attached hydrogens (tertiary/aromatic N) is 2. The molecule has 0 saturated carbocycles. The predicted molar refractivity (Wildman–Crippen MR) is 86.4 cm³/mol. The average Bonchev–Trinajstić information content (AvgIpc) is 2.39. The highest BCUT2D eigenvalue weighted by atomic mass is 32.2. The van der Waals surface area contributed by atoms with E-state index >= 15 is 0 Å². The van der Waals surface area contributed by atoms with Crippen LogP contribution >= 0.6 is 11.8 Å². The molecule has 21 heavy (non-hydrogen) atoms. The van der Waals surface area contributed by atoms with Crippen molar-refractivity contribution in [2.45, 2.75) is 31.2 Å². The van der Waals surface area contributed by atoms with Gasteiger partial charge in [-0.1, -0.05) is 23.9 Å². The van der Waals surface area contributed by atoms with Gasteiger partial charge in [0.25, 0.3) is 0 Å². The Kier molecular flexibility index (Phi) is 4.47. The second kappa shape index (κ2) is 6.13. The zero-order valence-electron chi connectivity index (χ0n) is 12.3. The minimum absolute atomic E-state index is 0.0349. The number of carbonyl (C=O) groups excluding carboxylic acids is 1. The lowest BCUT2D eigenvalue weighted by molar-refractivity contribution is 0.0994. The number of nitrogens with two attached hydrogens (primary N) is 2. The standard InChI is InChI=1S/C15H18N4OS/c1-8-4-5-11(6-9(8)2)14(20)10(3)21-15-18-12(16)7-13(17)19-15/h4-7,10H,1-3H3,(H4,16,17,18,19)/t10-/m0/s1. The molecule has 0 amide bonds. The number of benzene rings is 1. The van der Waals surface area contributed by atoms with Crippen LogP contribution in [0, 0.1) is 13.8 Å². The van der Waals surface area contributed by atoms with Gasteiger partial charge < -0.3 is 11.5 Å². The fourth-order valence-electron chi connectivity index (χ4n) is 1.86. The molecule has 0 aliphatic rings. The zero-order valence-corrected chi connectivity index (χ0v) is 13.1. The largest absolute Gasteiger partial charge is 0.383 e. The van der Waals surface area contributed by atoms with Crippen LogP contribution in [0.25, 0.3) is 0 Å². The molecule has 1 aromatic heterocycles. The van der Waals surface area contributed by atoms with Gasteiger partial charge in [0.15, 0.2) is 10.9 Å². The van der Waals surface area contributed by atoms with E-state index in [4.69, 9.17) is 11.5 Å². The Labute approximate surface area is 128 Å². The summed E-state index contributed by atoms with van der Waals surface area (Å²) >= 11 is 1.25. The van der Waals surface area contributed by atoms with E-state index in [9.17, 15) is 4.79 Å². The number of hydrogen-bond acceptors (Lipinski definition) is 6. The normalized spacial score (nSPS) is 12.1. The van der Waals surface area contributed by atoms with Crippen LogP contribution in [-0.4, -0.2) is 21.0 Å². The smallest absolute Gasteiger partial charge is 0.192 e. The summed E-state index contributed by atoms with van der Waals surface area (Å²) in [6, 6.07) is 7.19. The molecule has 2 rings (SSSR count). The van der Waals surface area contributed by atoms with Gasteiger partial charge in [-0.25, -0.2) is 9.97 Å². The summed E-state index contributed by atoms with van der Waals surface area (Å²) < 4.78 is 0. The number of Topliss-reactive ketones (excluding diaryl/α,β-unsaturated/α-hetero) is 1. The van der Waals surface area contributed by atoms with E-state index in [1.165, 1.54) is 23.4 Å². The van der Waals surface area contributed by atoms with Crippen LogP contribution in [0.1, 0.15) is 28.4 Å². The molecule has 4 N–H and O–H groups in total. The Morgan fingerprint density at radius 1 is 1.10 bits per heavy atom. The van der Waals surface area contributed by atoms with Gasteiger partial charge in [-0.3, -0.25) is 4.79 Å². The molecule has 1 atom stereocenters. The summed E-state index contributed by atoms with van der Waals surface area (Å²) in [6.45, 7) is 5.84. The van der Waals surface area contributed by atoms with Gasteiger partial charge in [-0.15, -0.1) is 0 Å². The van der Waals surface area contributed by atoms with Gasteiger partial charge in [0.2, 0.25) is 0 Å². The molecule has 0 fully saturated rings. The molecule has 110 valence electrons. The maximum Gasteiger partial charge on any atom is 0.192 e. The van der Waals surface area contributed by atoms with Crippen molar-refractivity contribution in [2.75, 3.05) is 11.5 Å². The summed E-state index contributed by atoms with van der Waals surface area (Å²) in [7, 11) is 0. The topological polar surface area (TPSA) is 94.9 Å². The van der Waals surface area contributed by atoms with E-state index < -0.39 is 0 Å². The number of ketones is 1. The molecule has 1 aromatic carbocycles. The van der Waals surface area contributed by atoms with Crippen LogP contribution in [0.15, 0.2) is 29.4 Å². The number of anilines is 2. The average molecular weight is 302 g/mol. The molecule has 5 nitrogen and oxygen atoms in total. The third-order valence-electron chi connectivity index (χ3n) is 3.19. The summed E-state index contributed by atoms with van der Waals surface area (Å²) in [5, 5.41) is 0.102. The number of nitrogen functional groups attached to an aromatic ring is 2. The first-order chi connectivity index (χ1) is 9.86. The van der Waals surface area contributed by atoms with Gasteiger partial charge in [-0.2, -0.15) is 0 Å². The molecule has 0 spiro atoms. The van der Waals surface area contributed by atoms with Gasteiger partial charge in [0.1, 0.15) is 11.6 Å². The highest BCUT2D eigenvalue weighted by Gasteiger charge is 2.18. The van der Waals surface area contributed by atoms with Crippen LogP contribution in [0.3, 0.4) is 0 Å². The summed E-state index contributed by atoms with van der Waals surface area (Å²) in [4.78, 5) is 20.6. The summed E-state index contributed by atoms with van der Waals surface area (Å²) in [5.41, 5.74) is 14.2. The van der Waals surface area contributed by atoms with Gasteiger partial charge in [0.05, 0.1) is 5.25 Å². The van der Waals surface area contributed by atoms with E-state index in [1.54, 1.807) is 0 Å². The van der Waals surface area contributed by atoms with Crippen molar-refractivity contribution in [3.05, 3.63) is 41.0 Å². The molecule has 0 bridgehead atoms. The van der Waals surface area contributed by atoms with Crippen molar-refractivity contribution >= 4 is 29.2 Å². The molecule has 0 aliphatic carbocycles. The van der Waals surface area contributed by atoms with Crippen molar-refractivity contribution in [1.29, 1.82) is 0 Å². The second-order valence-corrected chi connectivity index (χ2v) is 6.23. The minimum atomic E-state index is -0.312. The lowest BCUT2D eigenvalue weighted by atomic mass is 10.0. The number of hydrogen-bond donors (Lipinski definition) is 2. The van der Waals surface area contributed by atoms with Crippen LogP contribution in [0.4, 0.5) is 11.6 Å². The summed E-state index contributed by atoms with van der Waals surface area (Å²) in [5.74, 6) is 0.638. The van der Waals surface area contributed by atoms with E-state index in [1.807, 2.05) is 39.0 Å². The monoisotopic (exact) mass is 302 g/mol. The molecule has 0 unspecified atom stereocenters. The maximum absolute atomic E-state index is 12.4. The second-order valence-electron chi connectivity index (χ2n) is 4.92. The Balaban J connectivity index is 2.17. The molecular weight excluding hydrogens is 284 g/mol. The first-order valence-electron chi connectivity index (χ1n) is 6.55. The van der Waals surface area contributed by atoms with E-state index in [-0.39, 0.29) is 11.0 Å². The Hall–Kier alpha value is -2.08. The van der Waals surface area contributed by atoms with Crippen molar-refractivity contribution < 1.29 is 4.79 Å². The molecule has 2 aromatic rings. The third-order valence-corrected chi connectivity index (χ3v) is 4.15. The number of aryl methyl sites for hydroxylation is 2. The van der Waals surface area contributed by atoms with Crippen LogP contribution in [0.2, 0.25) is 0 Å². The van der Waals surface area contributed by atoms with Crippen LogP contribution in [0.5, 0.6) is 0 Å². The Bertz CT molecular complexity index is 667. The van der Waals surface area contributed by atoms with Crippen molar-refractivity contribution in [1.82, 2.24) is 9.97 Å². The Morgan fingerprint density at radius 2 is 1.71 bits per heavy atom. The molecule has 1 heterocycles. The number of thioether (sulfide) groups is 1. The highest BCUT2D eigenvalue weighted by molar-refractivity contribution is 8.00. The van der Waals surface area contributed by atoms with Gasteiger partial charge in [-0.05, 0) is 38.0 Å².